The summed E-state index contributed by atoms with van der Waals surface area (Å²) in [6.45, 7) is 5.30. The Morgan fingerprint density at radius 2 is 2.13 bits per heavy atom. The van der Waals surface area contributed by atoms with E-state index in [2.05, 4.69) is 0 Å². The van der Waals surface area contributed by atoms with Crippen molar-refractivity contribution in [1.29, 1.82) is 0 Å². The predicted octanol–water partition coefficient (Wildman–Crippen LogP) is 3.26. The predicted molar refractivity (Wildman–Crippen MR) is 58.9 cm³/mol. The highest BCUT2D eigenvalue weighted by atomic mass is 32.1. The molecule has 0 fully saturated rings. The molecule has 1 aromatic rings. The van der Waals surface area contributed by atoms with Crippen molar-refractivity contribution in [2.24, 2.45) is 0 Å². The van der Waals surface area contributed by atoms with Crippen LogP contribution in [0.15, 0.2) is 11.4 Å². The molecule has 0 atom stereocenters. The zero-order valence-electron chi connectivity index (χ0n) is 9.20. The highest BCUT2D eigenvalue weighted by Gasteiger charge is 2.22. The number of ether oxygens (including phenoxy) is 1. The molecule has 0 aliphatic carbocycles. The zero-order valence-corrected chi connectivity index (χ0v) is 10.0. The zero-order chi connectivity index (χ0) is 11.6. The topological polar surface area (TPSA) is 29.5 Å². The lowest BCUT2D eigenvalue weighted by molar-refractivity contribution is 0.0589. The van der Waals surface area contributed by atoms with Gasteiger partial charge in [0.15, 0.2) is 5.82 Å². The minimum absolute atomic E-state index is 0.268. The van der Waals surface area contributed by atoms with Crippen LogP contribution in [-0.4, -0.2) is 18.7 Å². The van der Waals surface area contributed by atoms with E-state index >= 15 is 0 Å². The SMILES string of the molecule is CN(C(=O)OC(C)(C)C)c1sccc1F. The highest BCUT2D eigenvalue weighted by Crippen LogP contribution is 2.26. The van der Waals surface area contributed by atoms with Crippen LogP contribution < -0.4 is 4.90 Å². The molecule has 15 heavy (non-hydrogen) atoms. The number of amides is 1. The number of nitrogens with zero attached hydrogens (tertiary/aromatic N) is 1. The van der Waals surface area contributed by atoms with Crippen molar-refractivity contribution in [3.8, 4) is 0 Å². The van der Waals surface area contributed by atoms with E-state index < -0.39 is 17.5 Å². The number of rotatable bonds is 1. The van der Waals surface area contributed by atoms with E-state index in [-0.39, 0.29) is 5.00 Å². The molecule has 1 heterocycles. The maximum atomic E-state index is 13.2. The summed E-state index contributed by atoms with van der Waals surface area (Å²) < 4.78 is 18.3. The van der Waals surface area contributed by atoms with E-state index in [4.69, 9.17) is 4.74 Å². The third-order valence-corrected chi connectivity index (χ3v) is 2.53. The van der Waals surface area contributed by atoms with Crippen LogP contribution in [0.1, 0.15) is 20.8 Å². The number of thiophene rings is 1. The Labute approximate surface area is 92.5 Å². The maximum Gasteiger partial charge on any atom is 0.415 e. The van der Waals surface area contributed by atoms with Gasteiger partial charge in [-0.05, 0) is 32.2 Å². The van der Waals surface area contributed by atoms with Gasteiger partial charge in [-0.3, -0.25) is 4.90 Å². The van der Waals surface area contributed by atoms with Crippen molar-refractivity contribution in [2.45, 2.75) is 26.4 Å². The molecule has 0 bridgehead atoms. The van der Waals surface area contributed by atoms with Crippen LogP contribution in [-0.2, 0) is 4.74 Å². The molecule has 0 aliphatic heterocycles. The Morgan fingerprint density at radius 1 is 1.53 bits per heavy atom. The van der Waals surface area contributed by atoms with Gasteiger partial charge in [0, 0.05) is 7.05 Å². The summed E-state index contributed by atoms with van der Waals surface area (Å²) in [5, 5.41) is 1.86. The van der Waals surface area contributed by atoms with Crippen LogP contribution in [0.3, 0.4) is 0 Å². The van der Waals surface area contributed by atoms with Crippen molar-refractivity contribution in [1.82, 2.24) is 0 Å². The summed E-state index contributed by atoms with van der Waals surface area (Å²) in [7, 11) is 1.49. The van der Waals surface area contributed by atoms with Crippen LogP contribution in [0, 0.1) is 5.82 Å². The van der Waals surface area contributed by atoms with Gasteiger partial charge in [0.1, 0.15) is 10.6 Å². The second-order valence-electron chi connectivity index (χ2n) is 4.11. The van der Waals surface area contributed by atoms with Gasteiger partial charge in [-0.25, -0.2) is 9.18 Å². The van der Waals surface area contributed by atoms with Crippen LogP contribution in [0.2, 0.25) is 0 Å². The summed E-state index contributed by atoms with van der Waals surface area (Å²) in [6.07, 6.45) is -0.552. The number of carbonyl (C=O) groups is 1. The Kier molecular flexibility index (Phi) is 3.34. The van der Waals surface area contributed by atoms with Crippen molar-refractivity contribution in [3.05, 3.63) is 17.3 Å². The highest BCUT2D eigenvalue weighted by molar-refractivity contribution is 7.14. The van der Waals surface area contributed by atoms with E-state index in [1.165, 1.54) is 18.0 Å². The number of halogens is 1. The normalized spacial score (nSPS) is 11.3. The summed E-state index contributed by atoms with van der Waals surface area (Å²) in [6, 6.07) is 1.32. The Balaban J connectivity index is 2.74. The van der Waals surface area contributed by atoms with Gasteiger partial charge >= 0.3 is 6.09 Å². The van der Waals surface area contributed by atoms with E-state index in [1.54, 1.807) is 26.2 Å². The lowest BCUT2D eigenvalue weighted by atomic mass is 10.2. The first-order valence-corrected chi connectivity index (χ1v) is 5.39. The molecule has 0 aromatic carbocycles. The molecule has 0 spiro atoms. The standard InChI is InChI=1S/C10H14FNO2S/c1-10(2,3)14-9(13)12(4)8-7(11)5-6-15-8/h5-6H,1-4H3. The monoisotopic (exact) mass is 231 g/mol. The molecular formula is C10H14FNO2S. The smallest absolute Gasteiger partial charge is 0.415 e. The Morgan fingerprint density at radius 3 is 2.53 bits per heavy atom. The third-order valence-electron chi connectivity index (χ3n) is 1.57. The van der Waals surface area contributed by atoms with Gasteiger partial charge in [0.2, 0.25) is 0 Å². The molecule has 1 amide bonds. The van der Waals surface area contributed by atoms with E-state index in [0.717, 1.165) is 11.3 Å². The molecule has 84 valence electrons. The molecule has 1 rings (SSSR count). The summed E-state index contributed by atoms with van der Waals surface area (Å²) >= 11 is 1.16. The lowest BCUT2D eigenvalue weighted by Crippen LogP contribution is -2.34. The minimum Gasteiger partial charge on any atom is -0.443 e. The molecule has 0 N–H and O–H groups in total. The van der Waals surface area contributed by atoms with Crippen LogP contribution >= 0.6 is 11.3 Å². The number of hydrogen-bond donors (Lipinski definition) is 0. The van der Waals surface area contributed by atoms with Gasteiger partial charge in [-0.2, -0.15) is 0 Å². The summed E-state index contributed by atoms with van der Waals surface area (Å²) in [5.74, 6) is -0.409. The number of carbonyl (C=O) groups excluding carboxylic acids is 1. The largest absolute Gasteiger partial charge is 0.443 e. The van der Waals surface area contributed by atoms with Gasteiger partial charge < -0.3 is 4.74 Å². The first-order valence-electron chi connectivity index (χ1n) is 4.51. The average molecular weight is 231 g/mol. The summed E-state index contributed by atoms with van der Waals surface area (Å²) in [5.41, 5.74) is -0.570. The van der Waals surface area contributed by atoms with Gasteiger partial charge in [0.05, 0.1) is 0 Å². The molecule has 1 aromatic heterocycles. The molecule has 5 heteroatoms. The van der Waals surface area contributed by atoms with Gasteiger partial charge in [-0.15, -0.1) is 11.3 Å². The van der Waals surface area contributed by atoms with Crippen LogP contribution in [0.25, 0.3) is 0 Å². The van der Waals surface area contributed by atoms with Crippen LogP contribution in [0.4, 0.5) is 14.2 Å². The quantitative estimate of drug-likeness (QED) is 0.742. The van der Waals surface area contributed by atoms with E-state index in [9.17, 15) is 9.18 Å². The molecule has 0 saturated carbocycles. The fourth-order valence-corrected chi connectivity index (χ4v) is 1.67. The second kappa shape index (κ2) is 4.18. The van der Waals surface area contributed by atoms with Crippen molar-refractivity contribution < 1.29 is 13.9 Å². The molecule has 0 aliphatic rings. The van der Waals surface area contributed by atoms with E-state index in [1.807, 2.05) is 0 Å². The lowest BCUT2D eigenvalue weighted by Gasteiger charge is -2.23. The molecule has 0 saturated heterocycles. The van der Waals surface area contributed by atoms with E-state index in [0.29, 0.717) is 0 Å². The third kappa shape index (κ3) is 3.20. The molecular weight excluding hydrogens is 217 g/mol. The molecule has 0 radical (unpaired) electrons. The van der Waals surface area contributed by atoms with Gasteiger partial charge in [-0.1, -0.05) is 0 Å². The van der Waals surface area contributed by atoms with Gasteiger partial charge in [0.25, 0.3) is 0 Å². The number of anilines is 1. The number of hydrogen-bond acceptors (Lipinski definition) is 3. The average Bonchev–Trinajstić information content (AvgIpc) is 2.47. The second-order valence-corrected chi connectivity index (χ2v) is 5.01. The summed E-state index contributed by atoms with van der Waals surface area (Å²) in [4.78, 5) is 12.7. The van der Waals surface area contributed by atoms with Crippen molar-refractivity contribution >= 4 is 22.4 Å². The first kappa shape index (κ1) is 12.0. The maximum absolute atomic E-state index is 13.2. The Hall–Kier alpha value is -1.10. The van der Waals surface area contributed by atoms with Crippen LogP contribution in [0.5, 0.6) is 0 Å². The fraction of sp³-hybridized carbons (Fsp3) is 0.500. The first-order chi connectivity index (χ1) is 6.81. The molecule has 0 unspecified atom stereocenters. The fourth-order valence-electron chi connectivity index (χ4n) is 0.938. The van der Waals surface area contributed by atoms with Crippen molar-refractivity contribution in [3.63, 3.8) is 0 Å². The minimum atomic E-state index is -0.570. The Bertz CT molecular complexity index is 357. The van der Waals surface area contributed by atoms with Crippen molar-refractivity contribution in [2.75, 3.05) is 11.9 Å². The molecule has 3 nitrogen and oxygen atoms in total.